The van der Waals surface area contributed by atoms with Crippen molar-refractivity contribution >= 4 is 51.7 Å². The molecule has 1 aliphatic heterocycles. The van der Waals surface area contributed by atoms with Gasteiger partial charge in [0, 0.05) is 67.7 Å². The Morgan fingerprint density at radius 3 is 2.39 bits per heavy atom. The Balaban J connectivity index is 1.49. The molecule has 0 spiro atoms. The van der Waals surface area contributed by atoms with Gasteiger partial charge in [-0.3, -0.25) is 9.59 Å². The second-order valence-corrected chi connectivity index (χ2v) is 12.1. The van der Waals surface area contributed by atoms with Crippen LogP contribution in [-0.2, 0) is 11.3 Å². The highest BCUT2D eigenvalue weighted by molar-refractivity contribution is 6.35. The quantitative estimate of drug-likeness (QED) is 0.318. The van der Waals surface area contributed by atoms with Crippen LogP contribution < -0.4 is 25.7 Å². The molecule has 3 amide bonds. The number of nitrogens with one attached hydrogen (secondary N) is 2. The first-order valence-corrected chi connectivity index (χ1v) is 15.3. The zero-order valence-corrected chi connectivity index (χ0v) is 26.6. The maximum atomic E-state index is 16.1. The SMILES string of the molecule is COCCNC(=O)N1[C@H](C)CN(c2c(F)cc3c(=O)c(C(=O)NCc4ccc(Cl)cc4Cl)cn(C4CC4)c3c2OC)C[C@@H]1C. The second-order valence-electron chi connectivity index (χ2n) is 11.3. The predicted octanol–water partition coefficient (Wildman–Crippen LogP) is 4.98. The number of aromatic nitrogens is 1. The minimum Gasteiger partial charge on any atom is -0.492 e. The van der Waals surface area contributed by atoms with Gasteiger partial charge < -0.3 is 34.5 Å². The number of carbonyl (C=O) groups excluding carboxylic acids is 2. The highest BCUT2D eigenvalue weighted by Crippen LogP contribution is 2.44. The monoisotopic (exact) mass is 647 g/mol. The number of pyridine rings is 1. The molecule has 2 aliphatic rings. The lowest BCUT2D eigenvalue weighted by Crippen LogP contribution is -2.61. The number of carbonyl (C=O) groups is 2. The summed E-state index contributed by atoms with van der Waals surface area (Å²) in [6.45, 7) is 5.38. The fourth-order valence-corrected chi connectivity index (χ4v) is 6.40. The Labute approximate surface area is 265 Å². The molecule has 0 bridgehead atoms. The Bertz CT molecular complexity index is 1630. The number of nitrogens with zero attached hydrogens (tertiary/aromatic N) is 3. The van der Waals surface area contributed by atoms with Crippen molar-refractivity contribution in [3.05, 3.63) is 67.7 Å². The minimum absolute atomic E-state index is 0.0352. The van der Waals surface area contributed by atoms with Crippen LogP contribution in [0.1, 0.15) is 48.7 Å². The zero-order chi connectivity index (χ0) is 31.7. The molecule has 44 heavy (non-hydrogen) atoms. The maximum absolute atomic E-state index is 16.1. The fraction of sp³-hybridized carbons (Fsp3) is 0.452. The van der Waals surface area contributed by atoms with Gasteiger partial charge in [-0.25, -0.2) is 9.18 Å². The number of halogens is 3. The van der Waals surface area contributed by atoms with Crippen molar-refractivity contribution in [3.8, 4) is 5.75 Å². The van der Waals surface area contributed by atoms with Crippen LogP contribution in [0.2, 0.25) is 10.0 Å². The molecular formula is C31H36Cl2FN5O5. The van der Waals surface area contributed by atoms with Gasteiger partial charge in [0.25, 0.3) is 5.91 Å². The molecule has 10 nitrogen and oxygen atoms in total. The number of fused-ring (bicyclic) bond motifs is 1. The number of amides is 3. The molecule has 2 heterocycles. The van der Waals surface area contributed by atoms with Gasteiger partial charge in [0.15, 0.2) is 11.6 Å². The number of piperazine rings is 1. The number of benzene rings is 2. The van der Waals surface area contributed by atoms with Crippen LogP contribution in [0.5, 0.6) is 5.75 Å². The molecule has 1 aromatic heterocycles. The molecule has 1 saturated heterocycles. The van der Waals surface area contributed by atoms with E-state index in [1.807, 2.05) is 23.3 Å². The van der Waals surface area contributed by atoms with Crippen molar-refractivity contribution < 1.29 is 23.5 Å². The molecule has 2 fully saturated rings. The Kier molecular flexibility index (Phi) is 9.57. The summed E-state index contributed by atoms with van der Waals surface area (Å²) in [5.74, 6) is -1.01. The summed E-state index contributed by atoms with van der Waals surface area (Å²) in [5, 5.41) is 6.53. The van der Waals surface area contributed by atoms with Crippen molar-refractivity contribution in [2.24, 2.45) is 0 Å². The van der Waals surface area contributed by atoms with E-state index in [1.165, 1.54) is 13.2 Å². The highest BCUT2D eigenvalue weighted by Gasteiger charge is 2.37. The number of methoxy groups -OCH3 is 2. The summed E-state index contributed by atoms with van der Waals surface area (Å²) in [5.41, 5.74) is 0.607. The molecule has 1 saturated carbocycles. The van der Waals surface area contributed by atoms with Crippen LogP contribution in [0.4, 0.5) is 14.9 Å². The third kappa shape index (κ3) is 6.31. The van der Waals surface area contributed by atoms with Crippen molar-refractivity contribution in [2.45, 2.75) is 51.4 Å². The molecular weight excluding hydrogens is 612 g/mol. The molecule has 2 N–H and O–H groups in total. The molecule has 13 heteroatoms. The summed E-state index contributed by atoms with van der Waals surface area (Å²) in [7, 11) is 3.02. The van der Waals surface area contributed by atoms with Crippen LogP contribution in [0.15, 0.2) is 35.3 Å². The van der Waals surface area contributed by atoms with E-state index in [9.17, 15) is 14.4 Å². The molecule has 3 aromatic rings. The summed E-state index contributed by atoms with van der Waals surface area (Å²) in [4.78, 5) is 43.5. The van der Waals surface area contributed by atoms with E-state index in [4.69, 9.17) is 32.7 Å². The van der Waals surface area contributed by atoms with E-state index in [1.54, 1.807) is 36.4 Å². The largest absolute Gasteiger partial charge is 0.492 e. The number of hydrogen-bond acceptors (Lipinski definition) is 6. The lowest BCUT2D eigenvalue weighted by atomic mass is 10.0. The molecule has 2 atom stereocenters. The van der Waals surface area contributed by atoms with Gasteiger partial charge in [0.2, 0.25) is 5.43 Å². The van der Waals surface area contributed by atoms with E-state index in [0.29, 0.717) is 47.4 Å². The third-order valence-corrected chi connectivity index (χ3v) is 8.68. The fourth-order valence-electron chi connectivity index (χ4n) is 5.93. The molecule has 236 valence electrons. The van der Waals surface area contributed by atoms with Gasteiger partial charge in [-0.15, -0.1) is 0 Å². The Morgan fingerprint density at radius 1 is 1.07 bits per heavy atom. The van der Waals surface area contributed by atoms with Crippen LogP contribution in [-0.4, -0.2) is 73.9 Å². The standard InChI is InChI=1S/C31H36Cl2FN5O5/c1-17-14-37(15-18(2)39(17)31(42)35-9-10-43-3)27-25(34)12-22-26(29(27)44-4)38(21-7-8-21)16-23(28(22)40)30(41)36-13-19-5-6-20(32)11-24(19)33/h5-6,11-12,16-18,21H,7-10,13-15H2,1-4H3,(H,35,42)(H,36,41)/t17-,18+. The Morgan fingerprint density at radius 2 is 1.77 bits per heavy atom. The predicted molar refractivity (Wildman–Crippen MR) is 169 cm³/mol. The van der Waals surface area contributed by atoms with E-state index >= 15 is 4.39 Å². The van der Waals surface area contributed by atoms with Crippen molar-refractivity contribution in [2.75, 3.05) is 45.4 Å². The van der Waals surface area contributed by atoms with Gasteiger partial charge >= 0.3 is 6.03 Å². The molecule has 1 aliphatic carbocycles. The average molecular weight is 649 g/mol. The first-order chi connectivity index (χ1) is 21.0. The van der Waals surface area contributed by atoms with Gasteiger partial charge in [-0.1, -0.05) is 29.3 Å². The summed E-state index contributed by atoms with van der Waals surface area (Å²) in [6.07, 6.45) is 3.24. The first kappa shape index (κ1) is 31.9. The lowest BCUT2D eigenvalue weighted by Gasteiger charge is -2.45. The number of anilines is 1. The summed E-state index contributed by atoms with van der Waals surface area (Å²) >= 11 is 12.2. The molecule has 5 rings (SSSR count). The van der Waals surface area contributed by atoms with Crippen molar-refractivity contribution in [1.82, 2.24) is 20.1 Å². The van der Waals surface area contributed by atoms with E-state index in [-0.39, 0.29) is 53.1 Å². The smallest absolute Gasteiger partial charge is 0.318 e. The van der Waals surface area contributed by atoms with Gasteiger partial charge in [0.05, 0.1) is 24.6 Å². The van der Waals surface area contributed by atoms with Crippen LogP contribution in [0.3, 0.4) is 0 Å². The van der Waals surface area contributed by atoms with E-state index < -0.39 is 17.2 Å². The van der Waals surface area contributed by atoms with E-state index in [0.717, 1.165) is 12.8 Å². The number of urea groups is 1. The highest BCUT2D eigenvalue weighted by atomic mass is 35.5. The van der Waals surface area contributed by atoms with Gasteiger partial charge in [-0.05, 0) is 50.5 Å². The lowest BCUT2D eigenvalue weighted by molar-refractivity contribution is 0.0949. The van der Waals surface area contributed by atoms with Gasteiger partial charge in [-0.2, -0.15) is 0 Å². The van der Waals surface area contributed by atoms with Gasteiger partial charge in [0.1, 0.15) is 11.3 Å². The Hall–Kier alpha value is -3.54. The van der Waals surface area contributed by atoms with Crippen LogP contribution in [0.25, 0.3) is 10.9 Å². The van der Waals surface area contributed by atoms with Crippen LogP contribution in [0, 0.1) is 5.82 Å². The normalized spacial score (nSPS) is 18.4. The van der Waals surface area contributed by atoms with Crippen LogP contribution >= 0.6 is 23.2 Å². The maximum Gasteiger partial charge on any atom is 0.318 e. The summed E-state index contributed by atoms with van der Waals surface area (Å²) < 4.78 is 28.8. The topological polar surface area (TPSA) is 105 Å². The number of ether oxygens (including phenoxy) is 2. The summed E-state index contributed by atoms with van der Waals surface area (Å²) in [6, 6.07) is 5.47. The third-order valence-electron chi connectivity index (χ3n) is 8.09. The number of rotatable bonds is 9. The first-order valence-electron chi connectivity index (χ1n) is 14.5. The molecule has 0 radical (unpaired) electrons. The van der Waals surface area contributed by atoms with E-state index in [2.05, 4.69) is 10.6 Å². The van der Waals surface area contributed by atoms with Crippen molar-refractivity contribution in [1.29, 1.82) is 0 Å². The second kappa shape index (κ2) is 13.2. The minimum atomic E-state index is -0.642. The zero-order valence-electron chi connectivity index (χ0n) is 25.1. The molecule has 0 unspecified atom stereocenters. The number of hydrogen-bond donors (Lipinski definition) is 2. The molecule has 2 aromatic carbocycles. The van der Waals surface area contributed by atoms with Crippen molar-refractivity contribution in [3.63, 3.8) is 0 Å². The average Bonchev–Trinajstić information content (AvgIpc) is 3.82.